The number of carbonyl (C=O) groups is 1. The number of hydrogen-bond donors (Lipinski definition) is 2. The molecule has 0 bridgehead atoms. The first-order valence-electron chi connectivity index (χ1n) is 9.28. The van der Waals surface area contributed by atoms with Crippen LogP contribution in [0.4, 0.5) is 4.39 Å². The minimum absolute atomic E-state index is 0.208. The van der Waals surface area contributed by atoms with E-state index in [0.717, 1.165) is 22.5 Å². The molecule has 148 valence electrons. The molecule has 0 unspecified atom stereocenters. The highest BCUT2D eigenvalue weighted by Gasteiger charge is 2.15. The summed E-state index contributed by atoms with van der Waals surface area (Å²) in [6, 6.07) is 17.9. The molecule has 0 spiro atoms. The first-order valence-corrected chi connectivity index (χ1v) is 10.2. The standard InChI is InChI=1S/C22H16FN5OS/c23-16-8-6-15(7-9-16)19-12-28-20(13-30-22(28)25-19)21(29)24-11-17-10-18(27-26-17)14-4-2-1-3-5-14/h1-10,12-13H,11H2,(H,24,29)(H,26,27). The highest BCUT2D eigenvalue weighted by molar-refractivity contribution is 7.15. The number of hydrogen-bond acceptors (Lipinski definition) is 4. The number of aromatic amines is 1. The Bertz CT molecular complexity index is 1320. The molecule has 8 heteroatoms. The fourth-order valence-electron chi connectivity index (χ4n) is 3.18. The molecule has 0 aliphatic carbocycles. The number of halogens is 1. The fourth-order valence-corrected chi connectivity index (χ4v) is 4.04. The summed E-state index contributed by atoms with van der Waals surface area (Å²) in [5.74, 6) is -0.505. The number of aromatic nitrogens is 4. The van der Waals surface area contributed by atoms with Crippen molar-refractivity contribution in [2.75, 3.05) is 0 Å². The minimum Gasteiger partial charge on any atom is -0.345 e. The van der Waals surface area contributed by atoms with Crippen LogP contribution < -0.4 is 5.32 Å². The van der Waals surface area contributed by atoms with Crippen LogP contribution in [0, 0.1) is 5.82 Å². The van der Waals surface area contributed by atoms with Gasteiger partial charge in [-0.3, -0.25) is 14.3 Å². The lowest BCUT2D eigenvalue weighted by Crippen LogP contribution is -2.24. The number of thiazole rings is 1. The number of nitrogens with one attached hydrogen (secondary N) is 2. The van der Waals surface area contributed by atoms with Gasteiger partial charge < -0.3 is 5.32 Å². The lowest BCUT2D eigenvalue weighted by atomic mass is 10.1. The predicted octanol–water partition coefficient (Wildman–Crippen LogP) is 4.52. The van der Waals surface area contributed by atoms with Crippen LogP contribution in [0.2, 0.25) is 0 Å². The number of imidazole rings is 1. The van der Waals surface area contributed by atoms with Crippen molar-refractivity contribution >= 4 is 22.2 Å². The van der Waals surface area contributed by atoms with Gasteiger partial charge in [-0.1, -0.05) is 30.3 Å². The molecule has 2 aromatic carbocycles. The van der Waals surface area contributed by atoms with Gasteiger partial charge in [-0.05, 0) is 30.3 Å². The molecule has 30 heavy (non-hydrogen) atoms. The van der Waals surface area contributed by atoms with Gasteiger partial charge in [-0.15, -0.1) is 11.3 Å². The topological polar surface area (TPSA) is 75.1 Å². The van der Waals surface area contributed by atoms with Gasteiger partial charge in [0.15, 0.2) is 4.96 Å². The third-order valence-corrected chi connectivity index (χ3v) is 5.56. The van der Waals surface area contributed by atoms with E-state index in [1.807, 2.05) is 36.4 Å². The summed E-state index contributed by atoms with van der Waals surface area (Å²) in [4.78, 5) is 18.0. The molecular weight excluding hydrogens is 401 g/mol. The number of rotatable bonds is 5. The van der Waals surface area contributed by atoms with Crippen molar-refractivity contribution in [2.45, 2.75) is 6.54 Å². The normalized spacial score (nSPS) is 11.1. The van der Waals surface area contributed by atoms with E-state index in [2.05, 4.69) is 20.5 Å². The number of H-pyrrole nitrogens is 1. The quantitative estimate of drug-likeness (QED) is 0.441. The molecule has 0 saturated heterocycles. The SMILES string of the molecule is O=C(NCc1cc(-c2ccccc2)n[nH]1)c1csc2nc(-c3ccc(F)cc3)cn12. The zero-order valence-corrected chi connectivity index (χ0v) is 16.5. The summed E-state index contributed by atoms with van der Waals surface area (Å²) in [5.41, 5.74) is 4.64. The van der Waals surface area contributed by atoms with Crippen molar-refractivity contribution in [2.24, 2.45) is 0 Å². The number of amides is 1. The Kier molecular flexibility index (Phi) is 4.61. The van der Waals surface area contributed by atoms with Crippen LogP contribution in [0.5, 0.6) is 0 Å². The molecular formula is C22H16FN5OS. The van der Waals surface area contributed by atoms with Crippen LogP contribution in [-0.4, -0.2) is 25.5 Å². The van der Waals surface area contributed by atoms with Gasteiger partial charge in [0.25, 0.3) is 5.91 Å². The second-order valence-corrected chi connectivity index (χ2v) is 7.57. The predicted molar refractivity (Wildman–Crippen MR) is 114 cm³/mol. The van der Waals surface area contributed by atoms with Crippen LogP contribution in [0.3, 0.4) is 0 Å². The molecule has 0 atom stereocenters. The van der Waals surface area contributed by atoms with E-state index in [1.165, 1.54) is 23.5 Å². The van der Waals surface area contributed by atoms with Crippen LogP contribution in [0.15, 0.2) is 72.2 Å². The van der Waals surface area contributed by atoms with Crippen molar-refractivity contribution < 1.29 is 9.18 Å². The summed E-state index contributed by atoms with van der Waals surface area (Å²) < 4.78 is 14.9. The van der Waals surface area contributed by atoms with Gasteiger partial charge in [0, 0.05) is 22.7 Å². The smallest absolute Gasteiger partial charge is 0.269 e. The summed E-state index contributed by atoms with van der Waals surface area (Å²) in [7, 11) is 0. The molecule has 3 aromatic heterocycles. The van der Waals surface area contributed by atoms with E-state index in [9.17, 15) is 9.18 Å². The number of benzene rings is 2. The average molecular weight is 417 g/mol. The molecule has 2 N–H and O–H groups in total. The summed E-state index contributed by atoms with van der Waals surface area (Å²) >= 11 is 1.38. The van der Waals surface area contributed by atoms with Crippen LogP contribution >= 0.6 is 11.3 Å². The molecule has 3 heterocycles. The van der Waals surface area contributed by atoms with Gasteiger partial charge in [0.1, 0.15) is 11.5 Å². The Hall–Kier alpha value is -3.78. The molecule has 0 fully saturated rings. The van der Waals surface area contributed by atoms with Crippen molar-refractivity contribution in [1.82, 2.24) is 24.9 Å². The number of nitrogens with zero attached hydrogens (tertiary/aromatic N) is 3. The average Bonchev–Trinajstić information content (AvgIpc) is 3.49. The first kappa shape index (κ1) is 18.3. The van der Waals surface area contributed by atoms with Crippen LogP contribution in [0.1, 0.15) is 16.2 Å². The zero-order valence-electron chi connectivity index (χ0n) is 15.7. The molecule has 6 nitrogen and oxygen atoms in total. The Morgan fingerprint density at radius 2 is 1.83 bits per heavy atom. The van der Waals surface area contributed by atoms with Gasteiger partial charge in [-0.25, -0.2) is 9.37 Å². The summed E-state index contributed by atoms with van der Waals surface area (Å²) in [6.45, 7) is 0.329. The zero-order chi connectivity index (χ0) is 20.5. The second-order valence-electron chi connectivity index (χ2n) is 6.73. The maximum atomic E-state index is 13.2. The first-order chi connectivity index (χ1) is 14.7. The summed E-state index contributed by atoms with van der Waals surface area (Å²) in [5, 5.41) is 11.9. The third kappa shape index (κ3) is 3.48. The molecule has 0 radical (unpaired) electrons. The van der Waals surface area contributed by atoms with E-state index in [-0.39, 0.29) is 11.7 Å². The van der Waals surface area contributed by atoms with Crippen LogP contribution in [-0.2, 0) is 6.54 Å². The van der Waals surface area contributed by atoms with E-state index in [1.54, 1.807) is 28.1 Å². The number of carbonyl (C=O) groups excluding carboxylic acids is 1. The lowest BCUT2D eigenvalue weighted by molar-refractivity contribution is 0.0945. The Labute approximate surface area is 175 Å². The van der Waals surface area contributed by atoms with E-state index in [4.69, 9.17) is 0 Å². The Balaban J connectivity index is 1.32. The van der Waals surface area contributed by atoms with E-state index < -0.39 is 0 Å². The fraction of sp³-hybridized carbons (Fsp3) is 0.0455. The van der Waals surface area contributed by atoms with Gasteiger partial charge in [-0.2, -0.15) is 5.10 Å². The molecule has 0 saturated carbocycles. The van der Waals surface area contributed by atoms with Crippen molar-refractivity contribution in [3.63, 3.8) is 0 Å². The maximum absolute atomic E-state index is 13.2. The monoisotopic (exact) mass is 417 g/mol. The highest BCUT2D eigenvalue weighted by atomic mass is 32.1. The largest absolute Gasteiger partial charge is 0.345 e. The van der Waals surface area contributed by atoms with Crippen molar-refractivity contribution in [3.8, 4) is 22.5 Å². The van der Waals surface area contributed by atoms with Gasteiger partial charge in [0.2, 0.25) is 0 Å². The third-order valence-electron chi connectivity index (χ3n) is 4.72. The lowest BCUT2D eigenvalue weighted by Gasteiger charge is -2.02. The molecule has 0 aliphatic rings. The Morgan fingerprint density at radius 3 is 2.63 bits per heavy atom. The minimum atomic E-state index is -0.297. The van der Waals surface area contributed by atoms with Crippen molar-refractivity contribution in [3.05, 3.63) is 89.4 Å². The van der Waals surface area contributed by atoms with Gasteiger partial charge in [0.05, 0.1) is 23.6 Å². The summed E-state index contributed by atoms with van der Waals surface area (Å²) in [6.07, 6.45) is 1.79. The molecule has 0 aliphatic heterocycles. The molecule has 5 rings (SSSR count). The van der Waals surface area contributed by atoms with Crippen molar-refractivity contribution in [1.29, 1.82) is 0 Å². The molecule has 1 amide bonds. The highest BCUT2D eigenvalue weighted by Crippen LogP contribution is 2.24. The number of fused-ring (bicyclic) bond motifs is 1. The second kappa shape index (κ2) is 7.57. The molecule has 5 aromatic rings. The van der Waals surface area contributed by atoms with E-state index >= 15 is 0 Å². The maximum Gasteiger partial charge on any atom is 0.269 e. The van der Waals surface area contributed by atoms with Gasteiger partial charge >= 0.3 is 0 Å². The Morgan fingerprint density at radius 1 is 1.07 bits per heavy atom. The van der Waals surface area contributed by atoms with E-state index in [0.29, 0.717) is 22.9 Å². The van der Waals surface area contributed by atoms with Crippen LogP contribution in [0.25, 0.3) is 27.5 Å².